The van der Waals surface area contributed by atoms with Gasteiger partial charge in [0.25, 0.3) is 5.91 Å². The second-order valence-corrected chi connectivity index (χ2v) is 7.98. The van der Waals surface area contributed by atoms with E-state index in [2.05, 4.69) is 29.1 Å². The highest BCUT2D eigenvalue weighted by Crippen LogP contribution is 2.18. The molecule has 0 radical (unpaired) electrons. The zero-order chi connectivity index (χ0) is 22.3. The first-order valence-corrected chi connectivity index (χ1v) is 10.5. The Balaban J connectivity index is 2.06. The number of nitrogens with one attached hydrogen (secondary N) is 2. The molecule has 2 amide bonds. The molecule has 1 fully saturated rings. The molecule has 10 heteroatoms. The number of rotatable bonds is 9. The summed E-state index contributed by atoms with van der Waals surface area (Å²) in [5, 5.41) is 11.9. The van der Waals surface area contributed by atoms with Crippen LogP contribution in [0.5, 0.6) is 0 Å². The molecule has 0 aromatic carbocycles. The number of nitrogens with zero attached hydrogens (tertiary/aromatic N) is 2. The van der Waals surface area contributed by atoms with Crippen molar-refractivity contribution in [3.05, 3.63) is 28.8 Å². The van der Waals surface area contributed by atoms with Crippen molar-refractivity contribution in [2.45, 2.75) is 52.2 Å². The summed E-state index contributed by atoms with van der Waals surface area (Å²) in [5.74, 6) is -1.37. The van der Waals surface area contributed by atoms with E-state index in [1.165, 1.54) is 4.90 Å². The van der Waals surface area contributed by atoms with Crippen LogP contribution in [0.15, 0.2) is 12.2 Å². The lowest BCUT2D eigenvalue weighted by Crippen LogP contribution is -2.56. The van der Waals surface area contributed by atoms with E-state index in [1.54, 1.807) is 0 Å². The molecular formula is C20H29ClN4O5. The Kier molecular flexibility index (Phi) is 8.86. The number of hydrogen-bond donors (Lipinski definition) is 3. The standard InChI is InChI=1S/C20H29ClN4O5/c1-4-13-18(21)24-19(22-13)20(29)23-14-7-9-25(16(26)5-6-17(27)28)11-15(14)30-10-8-12(2)3/h5-6,12,14-15H,4,7-11H2,1-3H3,(H,22,24)(H,23,29)(H,27,28)/t14-,15+/m1/s1. The first-order chi connectivity index (χ1) is 14.2. The second-order valence-electron chi connectivity index (χ2n) is 7.62. The van der Waals surface area contributed by atoms with Gasteiger partial charge in [0.1, 0.15) is 0 Å². The molecule has 2 heterocycles. The molecule has 9 nitrogen and oxygen atoms in total. The molecule has 30 heavy (non-hydrogen) atoms. The van der Waals surface area contributed by atoms with Gasteiger partial charge in [-0.05, 0) is 25.2 Å². The van der Waals surface area contributed by atoms with Crippen LogP contribution in [0.2, 0.25) is 5.15 Å². The van der Waals surface area contributed by atoms with Crippen LogP contribution in [-0.2, 0) is 20.7 Å². The number of ether oxygens (including phenoxy) is 1. The van der Waals surface area contributed by atoms with Gasteiger partial charge < -0.3 is 25.0 Å². The average Bonchev–Trinajstić information content (AvgIpc) is 3.07. The van der Waals surface area contributed by atoms with Gasteiger partial charge >= 0.3 is 5.97 Å². The van der Waals surface area contributed by atoms with Crippen molar-refractivity contribution in [2.75, 3.05) is 19.7 Å². The molecule has 1 saturated heterocycles. The third-order valence-corrected chi connectivity index (χ3v) is 5.19. The molecule has 0 bridgehead atoms. The SMILES string of the molecule is CCc1[nH]c(C(=O)N[C@@H]2CCN(C(=O)C=CC(=O)O)C[C@@H]2OCCC(C)C)nc1Cl. The van der Waals surface area contributed by atoms with E-state index in [-0.39, 0.29) is 29.5 Å². The molecule has 0 aliphatic carbocycles. The summed E-state index contributed by atoms with van der Waals surface area (Å²) in [7, 11) is 0. The smallest absolute Gasteiger partial charge is 0.328 e. The normalized spacial score (nSPS) is 19.4. The van der Waals surface area contributed by atoms with Gasteiger partial charge in [-0.25, -0.2) is 9.78 Å². The highest BCUT2D eigenvalue weighted by atomic mass is 35.5. The molecule has 2 rings (SSSR count). The third-order valence-electron chi connectivity index (χ3n) is 4.88. The first-order valence-electron chi connectivity index (χ1n) is 10.1. The minimum Gasteiger partial charge on any atom is -0.478 e. The number of aryl methyl sites for hydroxylation is 1. The molecule has 1 aliphatic rings. The number of halogens is 1. The lowest BCUT2D eigenvalue weighted by molar-refractivity contribution is -0.133. The fourth-order valence-corrected chi connectivity index (χ4v) is 3.39. The van der Waals surface area contributed by atoms with Crippen LogP contribution >= 0.6 is 11.6 Å². The predicted octanol–water partition coefficient (Wildman–Crippen LogP) is 2.03. The Morgan fingerprint density at radius 2 is 2.13 bits per heavy atom. The Morgan fingerprint density at radius 3 is 2.73 bits per heavy atom. The first kappa shape index (κ1) is 23.9. The number of aromatic nitrogens is 2. The van der Waals surface area contributed by atoms with Crippen LogP contribution in [0.3, 0.4) is 0 Å². The van der Waals surface area contributed by atoms with E-state index in [0.29, 0.717) is 37.6 Å². The number of H-pyrrole nitrogens is 1. The summed E-state index contributed by atoms with van der Waals surface area (Å²) >= 11 is 6.03. The van der Waals surface area contributed by atoms with Gasteiger partial charge in [-0.15, -0.1) is 0 Å². The average molecular weight is 441 g/mol. The zero-order valence-electron chi connectivity index (χ0n) is 17.5. The molecule has 0 saturated carbocycles. The maximum Gasteiger partial charge on any atom is 0.328 e. The topological polar surface area (TPSA) is 125 Å². The van der Waals surface area contributed by atoms with Crippen LogP contribution in [0.4, 0.5) is 0 Å². The summed E-state index contributed by atoms with van der Waals surface area (Å²) in [6.07, 6.45) is 3.38. The van der Waals surface area contributed by atoms with E-state index >= 15 is 0 Å². The second kappa shape index (κ2) is 11.1. The highest BCUT2D eigenvalue weighted by Gasteiger charge is 2.33. The summed E-state index contributed by atoms with van der Waals surface area (Å²) in [6.45, 7) is 7.20. The molecular weight excluding hydrogens is 412 g/mol. The van der Waals surface area contributed by atoms with Crippen LogP contribution < -0.4 is 5.32 Å². The number of amides is 2. The minimum atomic E-state index is -1.18. The van der Waals surface area contributed by atoms with Gasteiger partial charge in [-0.3, -0.25) is 9.59 Å². The van der Waals surface area contributed by atoms with Crippen molar-refractivity contribution in [1.82, 2.24) is 20.2 Å². The third kappa shape index (κ3) is 6.84. The molecule has 1 aliphatic heterocycles. The molecule has 0 unspecified atom stereocenters. The van der Waals surface area contributed by atoms with E-state index in [1.807, 2.05) is 6.92 Å². The largest absolute Gasteiger partial charge is 0.478 e. The summed E-state index contributed by atoms with van der Waals surface area (Å²) in [6, 6.07) is -0.314. The summed E-state index contributed by atoms with van der Waals surface area (Å²) < 4.78 is 5.99. The van der Waals surface area contributed by atoms with E-state index in [9.17, 15) is 14.4 Å². The number of imidazole rings is 1. The van der Waals surface area contributed by atoms with Crippen molar-refractivity contribution in [1.29, 1.82) is 0 Å². The van der Waals surface area contributed by atoms with E-state index in [0.717, 1.165) is 18.6 Å². The minimum absolute atomic E-state index is 0.140. The Labute approximate surface area is 180 Å². The Hall–Kier alpha value is -2.39. The number of hydrogen-bond acceptors (Lipinski definition) is 5. The van der Waals surface area contributed by atoms with Crippen LogP contribution in [0, 0.1) is 5.92 Å². The quantitative estimate of drug-likeness (QED) is 0.504. The molecule has 1 aromatic heterocycles. The maximum atomic E-state index is 12.6. The van der Waals surface area contributed by atoms with Crippen molar-refractivity contribution in [2.24, 2.45) is 5.92 Å². The molecule has 3 N–H and O–H groups in total. The van der Waals surface area contributed by atoms with Crippen LogP contribution in [0.1, 0.15) is 49.9 Å². The number of aliphatic carboxylic acids is 1. The van der Waals surface area contributed by atoms with Gasteiger partial charge in [-0.1, -0.05) is 32.4 Å². The fourth-order valence-electron chi connectivity index (χ4n) is 3.12. The Bertz CT molecular complexity index is 792. The van der Waals surface area contributed by atoms with Gasteiger partial charge in [0, 0.05) is 31.8 Å². The van der Waals surface area contributed by atoms with Crippen molar-refractivity contribution < 1.29 is 24.2 Å². The van der Waals surface area contributed by atoms with Crippen molar-refractivity contribution in [3.8, 4) is 0 Å². The van der Waals surface area contributed by atoms with Crippen LogP contribution in [-0.4, -0.2) is 69.6 Å². The van der Waals surface area contributed by atoms with Gasteiger partial charge in [-0.2, -0.15) is 0 Å². The van der Waals surface area contributed by atoms with Gasteiger partial charge in [0.2, 0.25) is 5.91 Å². The number of carboxylic acids is 1. The molecule has 0 spiro atoms. The van der Waals surface area contributed by atoms with Crippen molar-refractivity contribution in [3.63, 3.8) is 0 Å². The van der Waals surface area contributed by atoms with E-state index in [4.69, 9.17) is 21.4 Å². The number of carboxylic acid groups (broad SMARTS) is 1. The number of carbonyl (C=O) groups excluding carboxylic acids is 2. The number of carbonyl (C=O) groups is 3. The zero-order valence-corrected chi connectivity index (χ0v) is 18.2. The number of piperidine rings is 1. The lowest BCUT2D eigenvalue weighted by atomic mass is 10.0. The number of likely N-dealkylation sites (tertiary alicyclic amines) is 1. The van der Waals surface area contributed by atoms with Gasteiger partial charge in [0.05, 0.1) is 17.8 Å². The lowest BCUT2D eigenvalue weighted by Gasteiger charge is -2.38. The highest BCUT2D eigenvalue weighted by molar-refractivity contribution is 6.30. The maximum absolute atomic E-state index is 12.6. The van der Waals surface area contributed by atoms with Gasteiger partial charge in [0.15, 0.2) is 11.0 Å². The molecule has 1 aromatic rings. The monoisotopic (exact) mass is 440 g/mol. The molecule has 166 valence electrons. The number of aromatic amines is 1. The summed E-state index contributed by atoms with van der Waals surface area (Å²) in [4.78, 5) is 44.1. The summed E-state index contributed by atoms with van der Waals surface area (Å²) in [5.41, 5.74) is 0.692. The predicted molar refractivity (Wildman–Crippen MR) is 111 cm³/mol. The van der Waals surface area contributed by atoms with Crippen LogP contribution in [0.25, 0.3) is 0 Å². The fraction of sp³-hybridized carbons (Fsp3) is 0.600. The Morgan fingerprint density at radius 1 is 1.40 bits per heavy atom. The van der Waals surface area contributed by atoms with Crippen molar-refractivity contribution >= 4 is 29.4 Å². The molecule has 2 atom stereocenters. The van der Waals surface area contributed by atoms with E-state index < -0.39 is 18.0 Å².